The summed E-state index contributed by atoms with van der Waals surface area (Å²) in [5, 5.41) is 10.4. The summed E-state index contributed by atoms with van der Waals surface area (Å²) < 4.78 is 5.48. The number of halogens is 1. The van der Waals surface area contributed by atoms with Crippen molar-refractivity contribution in [2.75, 3.05) is 25.5 Å². The van der Waals surface area contributed by atoms with Gasteiger partial charge in [0, 0.05) is 12.6 Å². The fraction of sp³-hybridized carbons (Fsp3) is 0.583. The highest BCUT2D eigenvalue weighted by atomic mass is 35.5. The average molecular weight is 301 g/mol. The zero-order valence-corrected chi connectivity index (χ0v) is 11.9. The smallest absolute Gasteiger partial charge is 0.327 e. The van der Waals surface area contributed by atoms with Crippen molar-refractivity contribution in [3.05, 3.63) is 21.6 Å². The van der Waals surface area contributed by atoms with Gasteiger partial charge >= 0.3 is 5.97 Å². The van der Waals surface area contributed by atoms with E-state index in [1.807, 2.05) is 0 Å². The molecule has 1 aliphatic heterocycles. The molecule has 7 nitrogen and oxygen atoms in total. The Morgan fingerprint density at radius 1 is 1.70 bits per heavy atom. The van der Waals surface area contributed by atoms with Gasteiger partial charge in [-0.2, -0.15) is 5.10 Å². The minimum absolute atomic E-state index is 0.0366. The Morgan fingerprint density at radius 2 is 2.50 bits per heavy atom. The quantitative estimate of drug-likeness (QED) is 0.775. The number of nitrogens with one attached hydrogen (secondary N) is 2. The van der Waals surface area contributed by atoms with Crippen LogP contribution in [-0.4, -0.2) is 42.0 Å². The second kappa shape index (κ2) is 6.71. The predicted molar refractivity (Wildman–Crippen MR) is 75.0 cm³/mol. The number of ether oxygens (including phenoxy) is 1. The van der Waals surface area contributed by atoms with Gasteiger partial charge in [-0.25, -0.2) is 4.68 Å². The molecule has 1 aromatic heterocycles. The summed E-state index contributed by atoms with van der Waals surface area (Å²) in [7, 11) is 1.25. The Balaban J connectivity index is 2.13. The van der Waals surface area contributed by atoms with Crippen LogP contribution in [0.1, 0.15) is 12.8 Å². The largest absolute Gasteiger partial charge is 0.468 e. The number of carbonyl (C=O) groups is 1. The number of aromatic nitrogens is 2. The first-order chi connectivity index (χ1) is 9.61. The molecule has 1 unspecified atom stereocenters. The zero-order valence-electron chi connectivity index (χ0n) is 11.2. The number of piperidine rings is 1. The van der Waals surface area contributed by atoms with Crippen LogP contribution in [0.4, 0.5) is 5.69 Å². The van der Waals surface area contributed by atoms with Crippen molar-refractivity contribution in [3.8, 4) is 0 Å². The number of rotatable bonds is 4. The van der Waals surface area contributed by atoms with Crippen LogP contribution in [0.3, 0.4) is 0 Å². The van der Waals surface area contributed by atoms with E-state index in [4.69, 9.17) is 11.6 Å². The van der Waals surface area contributed by atoms with E-state index in [-0.39, 0.29) is 17.6 Å². The summed E-state index contributed by atoms with van der Waals surface area (Å²) >= 11 is 6.04. The third-order valence-electron chi connectivity index (χ3n) is 3.15. The highest BCUT2D eigenvalue weighted by Crippen LogP contribution is 2.18. The summed E-state index contributed by atoms with van der Waals surface area (Å²) in [5.74, 6) is -0.548. The lowest BCUT2D eigenvalue weighted by atomic mass is 10.1. The number of hydrogen-bond donors (Lipinski definition) is 2. The molecular formula is C12H17ClN4O3. The van der Waals surface area contributed by atoms with Gasteiger partial charge in [-0.3, -0.25) is 9.59 Å². The molecular weight excluding hydrogens is 284 g/mol. The Hall–Kier alpha value is -1.60. The molecule has 0 radical (unpaired) electrons. The third kappa shape index (κ3) is 3.49. The van der Waals surface area contributed by atoms with Gasteiger partial charge in [0.1, 0.15) is 11.6 Å². The van der Waals surface area contributed by atoms with Crippen molar-refractivity contribution in [1.29, 1.82) is 0 Å². The van der Waals surface area contributed by atoms with Crippen LogP contribution >= 0.6 is 11.6 Å². The number of hydrogen-bond acceptors (Lipinski definition) is 6. The van der Waals surface area contributed by atoms with Crippen LogP contribution < -0.4 is 16.2 Å². The van der Waals surface area contributed by atoms with E-state index in [1.165, 1.54) is 13.3 Å². The molecule has 1 fully saturated rings. The molecule has 20 heavy (non-hydrogen) atoms. The molecule has 0 aromatic carbocycles. The Labute approximate surface area is 121 Å². The lowest BCUT2D eigenvalue weighted by Crippen LogP contribution is -2.39. The van der Waals surface area contributed by atoms with Crippen LogP contribution in [0.2, 0.25) is 5.02 Å². The molecule has 110 valence electrons. The van der Waals surface area contributed by atoms with Crippen molar-refractivity contribution >= 4 is 23.3 Å². The van der Waals surface area contributed by atoms with Gasteiger partial charge in [-0.1, -0.05) is 11.6 Å². The zero-order chi connectivity index (χ0) is 14.5. The van der Waals surface area contributed by atoms with Gasteiger partial charge in [0.25, 0.3) is 5.56 Å². The van der Waals surface area contributed by atoms with Gasteiger partial charge in [-0.15, -0.1) is 0 Å². The van der Waals surface area contributed by atoms with E-state index in [0.29, 0.717) is 5.69 Å². The average Bonchev–Trinajstić information content (AvgIpc) is 2.48. The highest BCUT2D eigenvalue weighted by molar-refractivity contribution is 6.32. The van der Waals surface area contributed by atoms with E-state index >= 15 is 0 Å². The predicted octanol–water partition coefficient (Wildman–Crippen LogP) is 0.234. The maximum atomic E-state index is 12.0. The third-order valence-corrected chi connectivity index (χ3v) is 3.51. The summed E-state index contributed by atoms with van der Waals surface area (Å²) in [6, 6.07) is 0.221. The van der Waals surface area contributed by atoms with Gasteiger partial charge in [0.15, 0.2) is 0 Å². The topological polar surface area (TPSA) is 85.2 Å². The van der Waals surface area contributed by atoms with Gasteiger partial charge in [0.2, 0.25) is 0 Å². The first-order valence-corrected chi connectivity index (χ1v) is 6.79. The Morgan fingerprint density at radius 3 is 3.15 bits per heavy atom. The Bertz CT molecular complexity index is 540. The van der Waals surface area contributed by atoms with Gasteiger partial charge in [-0.05, 0) is 19.4 Å². The van der Waals surface area contributed by atoms with Crippen LogP contribution in [-0.2, 0) is 16.1 Å². The van der Waals surface area contributed by atoms with E-state index < -0.39 is 11.5 Å². The van der Waals surface area contributed by atoms with Gasteiger partial charge < -0.3 is 15.4 Å². The van der Waals surface area contributed by atoms with Crippen LogP contribution in [0.15, 0.2) is 11.0 Å². The van der Waals surface area contributed by atoms with E-state index in [1.54, 1.807) is 0 Å². The normalized spacial score (nSPS) is 18.6. The van der Waals surface area contributed by atoms with Crippen LogP contribution in [0.5, 0.6) is 0 Å². The molecule has 2 rings (SSSR count). The maximum absolute atomic E-state index is 12.0. The molecule has 1 atom stereocenters. The molecule has 8 heteroatoms. The van der Waals surface area contributed by atoms with Crippen LogP contribution in [0.25, 0.3) is 0 Å². The summed E-state index contributed by atoms with van der Waals surface area (Å²) in [6.07, 6.45) is 3.54. The van der Waals surface area contributed by atoms with Crippen molar-refractivity contribution in [1.82, 2.24) is 15.1 Å². The lowest BCUT2D eigenvalue weighted by molar-refractivity contribution is -0.141. The van der Waals surface area contributed by atoms with Gasteiger partial charge in [0.05, 0.1) is 19.0 Å². The number of nitrogens with zero attached hydrogens (tertiary/aromatic N) is 2. The molecule has 0 aliphatic carbocycles. The molecule has 2 N–H and O–H groups in total. The Kier molecular flexibility index (Phi) is 4.97. The maximum Gasteiger partial charge on any atom is 0.327 e. The summed E-state index contributed by atoms with van der Waals surface area (Å²) in [4.78, 5) is 23.1. The van der Waals surface area contributed by atoms with E-state index in [2.05, 4.69) is 20.5 Å². The van der Waals surface area contributed by atoms with Crippen molar-refractivity contribution in [2.24, 2.45) is 0 Å². The molecule has 1 aliphatic rings. The second-order valence-corrected chi connectivity index (χ2v) is 4.98. The number of carbonyl (C=O) groups excluding carboxylic acids is 1. The standard InChI is InChI=1S/C12H17ClN4O3/c1-20-10(18)7-17-12(19)11(13)9(6-15-17)16-8-3-2-4-14-5-8/h6,8,14,16H,2-5,7H2,1H3. The monoisotopic (exact) mass is 300 g/mol. The van der Waals surface area contributed by atoms with Crippen molar-refractivity contribution in [2.45, 2.75) is 25.4 Å². The molecule has 0 amide bonds. The number of methoxy groups -OCH3 is 1. The minimum atomic E-state index is -0.548. The fourth-order valence-electron chi connectivity index (χ4n) is 2.06. The molecule has 2 heterocycles. The van der Waals surface area contributed by atoms with Crippen LogP contribution in [0, 0.1) is 0 Å². The van der Waals surface area contributed by atoms with E-state index in [9.17, 15) is 9.59 Å². The number of anilines is 1. The molecule has 0 bridgehead atoms. The first kappa shape index (κ1) is 14.8. The molecule has 1 saturated heterocycles. The lowest BCUT2D eigenvalue weighted by Gasteiger charge is -2.25. The molecule has 1 aromatic rings. The molecule has 0 saturated carbocycles. The highest BCUT2D eigenvalue weighted by Gasteiger charge is 2.17. The molecule has 0 spiro atoms. The summed E-state index contributed by atoms with van der Waals surface area (Å²) in [6.45, 7) is 1.58. The van der Waals surface area contributed by atoms with Crippen molar-refractivity contribution < 1.29 is 9.53 Å². The number of esters is 1. The van der Waals surface area contributed by atoms with E-state index in [0.717, 1.165) is 30.6 Å². The first-order valence-electron chi connectivity index (χ1n) is 6.41. The van der Waals surface area contributed by atoms with Crippen molar-refractivity contribution in [3.63, 3.8) is 0 Å². The summed E-state index contributed by atoms with van der Waals surface area (Å²) in [5.41, 5.74) is -0.0164. The second-order valence-electron chi connectivity index (χ2n) is 4.60. The fourth-order valence-corrected chi connectivity index (χ4v) is 2.26. The SMILES string of the molecule is COC(=O)Cn1ncc(NC2CCCNC2)c(Cl)c1=O. The minimum Gasteiger partial charge on any atom is -0.468 e.